The van der Waals surface area contributed by atoms with E-state index in [-0.39, 0.29) is 23.6 Å². The van der Waals surface area contributed by atoms with Gasteiger partial charge >= 0.3 is 6.09 Å². The van der Waals surface area contributed by atoms with Crippen molar-refractivity contribution in [1.82, 2.24) is 15.5 Å². The topological polar surface area (TPSA) is 108 Å². The number of benzene rings is 1. The lowest BCUT2D eigenvalue weighted by molar-refractivity contribution is -0.143. The molecular formula is C28H47N3O5. The first-order valence-electron chi connectivity index (χ1n) is 13.1. The summed E-state index contributed by atoms with van der Waals surface area (Å²) in [6, 6.07) is 3.06. The van der Waals surface area contributed by atoms with Crippen LogP contribution in [0, 0.1) is 12.8 Å². The first kappa shape index (κ1) is 31.3. The van der Waals surface area contributed by atoms with E-state index in [2.05, 4.69) is 17.6 Å². The molecule has 2 unspecified atom stereocenters. The normalized spacial score (nSPS) is 13.3. The van der Waals surface area contributed by atoms with Crippen molar-refractivity contribution in [2.24, 2.45) is 5.92 Å². The van der Waals surface area contributed by atoms with Crippen molar-refractivity contribution in [1.29, 1.82) is 0 Å². The van der Waals surface area contributed by atoms with E-state index in [0.29, 0.717) is 24.1 Å². The Morgan fingerprint density at radius 1 is 1.03 bits per heavy atom. The van der Waals surface area contributed by atoms with E-state index < -0.39 is 29.7 Å². The second-order valence-electron chi connectivity index (χ2n) is 11.0. The molecule has 3 amide bonds. The number of amides is 3. The van der Waals surface area contributed by atoms with Gasteiger partial charge in [-0.25, -0.2) is 4.79 Å². The molecule has 1 aromatic carbocycles. The van der Waals surface area contributed by atoms with Gasteiger partial charge in [0, 0.05) is 18.2 Å². The number of carbonyl (C=O) groups excluding carboxylic acids is 3. The van der Waals surface area contributed by atoms with Crippen LogP contribution in [0.4, 0.5) is 4.79 Å². The average Bonchev–Trinajstić information content (AvgIpc) is 2.74. The van der Waals surface area contributed by atoms with Crippen LogP contribution in [-0.2, 0) is 14.3 Å². The number of phenolic OH excluding ortho intramolecular Hbond substituents is 1. The highest BCUT2D eigenvalue weighted by Crippen LogP contribution is 2.33. The average molecular weight is 506 g/mol. The molecule has 1 aromatic rings. The fraction of sp³-hybridized carbons (Fsp3) is 0.679. The highest BCUT2D eigenvalue weighted by Gasteiger charge is 2.38. The van der Waals surface area contributed by atoms with E-state index in [9.17, 15) is 19.5 Å². The zero-order chi connectivity index (χ0) is 27.6. The van der Waals surface area contributed by atoms with Gasteiger partial charge in [-0.1, -0.05) is 58.2 Å². The molecule has 0 saturated heterocycles. The van der Waals surface area contributed by atoms with Gasteiger partial charge in [-0.15, -0.1) is 0 Å². The Hall–Kier alpha value is -2.77. The lowest BCUT2D eigenvalue weighted by Gasteiger charge is -2.36. The number of nitrogens with zero attached hydrogens (tertiary/aromatic N) is 1. The second-order valence-corrected chi connectivity index (χ2v) is 11.0. The van der Waals surface area contributed by atoms with Gasteiger partial charge in [0.2, 0.25) is 11.8 Å². The van der Waals surface area contributed by atoms with Gasteiger partial charge < -0.3 is 25.4 Å². The van der Waals surface area contributed by atoms with E-state index in [1.807, 2.05) is 27.7 Å². The van der Waals surface area contributed by atoms with Crippen molar-refractivity contribution in [3.05, 3.63) is 29.3 Å². The number of rotatable bonds is 12. The van der Waals surface area contributed by atoms with Crippen LogP contribution in [0.15, 0.2) is 18.2 Å². The van der Waals surface area contributed by atoms with Crippen LogP contribution in [0.2, 0.25) is 0 Å². The Morgan fingerprint density at radius 3 is 2.19 bits per heavy atom. The number of hydrogen-bond donors (Lipinski definition) is 3. The predicted octanol–water partition coefficient (Wildman–Crippen LogP) is 5.22. The summed E-state index contributed by atoms with van der Waals surface area (Å²) in [6.45, 7) is 16.8. The molecule has 0 aliphatic carbocycles. The Bertz CT molecular complexity index is 876. The maximum Gasteiger partial charge on any atom is 0.408 e. The van der Waals surface area contributed by atoms with Crippen molar-refractivity contribution in [2.45, 2.75) is 112 Å². The van der Waals surface area contributed by atoms with Crippen molar-refractivity contribution in [3.63, 3.8) is 0 Å². The molecule has 0 radical (unpaired) electrons. The summed E-state index contributed by atoms with van der Waals surface area (Å²) in [5.74, 6) is -1.05. The molecule has 0 bridgehead atoms. The molecule has 0 saturated carbocycles. The van der Waals surface area contributed by atoms with E-state index in [0.717, 1.165) is 19.3 Å². The molecule has 2 atom stereocenters. The molecule has 0 heterocycles. The second kappa shape index (κ2) is 14.1. The van der Waals surface area contributed by atoms with Gasteiger partial charge in [0.15, 0.2) is 0 Å². The standard InChI is InChI=1S/C28H47N3O5/c1-10-11-12-13-17-31(26(34)22(18(2)3)30-27(35)36-28(7,8)9)23(25(33)29-19(4)5)21-16-14-15-20(6)24(21)32/h14-16,18-19,22-23,32H,10-13,17H2,1-9H3,(H,29,33)(H,30,35). The zero-order valence-corrected chi connectivity index (χ0v) is 23.6. The molecule has 36 heavy (non-hydrogen) atoms. The van der Waals surface area contributed by atoms with Crippen molar-refractivity contribution >= 4 is 17.9 Å². The third kappa shape index (κ3) is 9.70. The number of carbonyl (C=O) groups is 3. The van der Waals surface area contributed by atoms with Crippen LogP contribution in [0.25, 0.3) is 0 Å². The first-order valence-corrected chi connectivity index (χ1v) is 13.1. The number of alkyl carbamates (subject to hydrolysis) is 1. The maximum atomic E-state index is 14.0. The number of phenols is 1. The quantitative estimate of drug-likeness (QED) is 0.337. The van der Waals surface area contributed by atoms with Crippen LogP contribution in [-0.4, -0.2) is 52.1 Å². The first-order chi connectivity index (χ1) is 16.7. The Morgan fingerprint density at radius 2 is 1.67 bits per heavy atom. The largest absolute Gasteiger partial charge is 0.507 e. The van der Waals surface area contributed by atoms with Gasteiger partial charge in [-0.2, -0.15) is 0 Å². The molecule has 8 heteroatoms. The zero-order valence-electron chi connectivity index (χ0n) is 23.6. The maximum absolute atomic E-state index is 14.0. The van der Waals surface area contributed by atoms with E-state index in [4.69, 9.17) is 4.74 Å². The van der Waals surface area contributed by atoms with Crippen LogP contribution >= 0.6 is 0 Å². The number of aromatic hydroxyl groups is 1. The van der Waals surface area contributed by atoms with Crippen LogP contribution in [0.1, 0.15) is 98.2 Å². The summed E-state index contributed by atoms with van der Waals surface area (Å²) in [4.78, 5) is 41.7. The Labute approximate surface area is 217 Å². The van der Waals surface area contributed by atoms with Crippen molar-refractivity contribution in [3.8, 4) is 5.75 Å². The number of ether oxygens (including phenoxy) is 1. The van der Waals surface area contributed by atoms with E-state index >= 15 is 0 Å². The monoisotopic (exact) mass is 505 g/mol. The third-order valence-corrected chi connectivity index (χ3v) is 5.70. The predicted molar refractivity (Wildman–Crippen MR) is 143 cm³/mol. The minimum Gasteiger partial charge on any atom is -0.507 e. The number of hydrogen-bond acceptors (Lipinski definition) is 5. The molecule has 0 aromatic heterocycles. The summed E-state index contributed by atoms with van der Waals surface area (Å²) >= 11 is 0. The van der Waals surface area contributed by atoms with Crippen LogP contribution in [0.3, 0.4) is 0 Å². The molecule has 0 fully saturated rings. The summed E-state index contributed by atoms with van der Waals surface area (Å²) in [6.07, 6.45) is 2.92. The fourth-order valence-electron chi connectivity index (χ4n) is 3.92. The van der Waals surface area contributed by atoms with Crippen molar-refractivity contribution in [2.75, 3.05) is 6.54 Å². The third-order valence-electron chi connectivity index (χ3n) is 5.70. The summed E-state index contributed by atoms with van der Waals surface area (Å²) in [7, 11) is 0. The lowest BCUT2D eigenvalue weighted by atomic mass is 9.96. The van der Waals surface area contributed by atoms with Gasteiger partial charge in [0.05, 0.1) is 0 Å². The molecule has 0 spiro atoms. The smallest absolute Gasteiger partial charge is 0.408 e. The van der Waals surface area contributed by atoms with Gasteiger partial charge in [0.1, 0.15) is 23.4 Å². The summed E-state index contributed by atoms with van der Waals surface area (Å²) in [5.41, 5.74) is 0.249. The molecule has 204 valence electrons. The number of para-hydroxylation sites is 1. The lowest BCUT2D eigenvalue weighted by Crippen LogP contribution is -2.55. The van der Waals surface area contributed by atoms with Gasteiger partial charge in [-0.05, 0) is 59.4 Å². The highest BCUT2D eigenvalue weighted by atomic mass is 16.6. The molecular weight excluding hydrogens is 458 g/mol. The highest BCUT2D eigenvalue weighted by molar-refractivity contribution is 5.92. The molecule has 8 nitrogen and oxygen atoms in total. The fourth-order valence-corrected chi connectivity index (χ4v) is 3.92. The molecule has 0 aliphatic rings. The number of aryl methyl sites for hydroxylation is 1. The molecule has 1 rings (SSSR count). The minimum absolute atomic E-state index is 0.0195. The Kier molecular flexibility index (Phi) is 12.2. The van der Waals surface area contributed by atoms with E-state index in [1.165, 1.54) is 4.90 Å². The van der Waals surface area contributed by atoms with Crippen molar-refractivity contribution < 1.29 is 24.2 Å². The number of unbranched alkanes of at least 4 members (excludes halogenated alkanes) is 3. The molecule has 3 N–H and O–H groups in total. The minimum atomic E-state index is -1.05. The number of nitrogens with one attached hydrogen (secondary N) is 2. The van der Waals surface area contributed by atoms with Crippen LogP contribution < -0.4 is 10.6 Å². The Balaban J connectivity index is 3.53. The van der Waals surface area contributed by atoms with Gasteiger partial charge in [0.25, 0.3) is 0 Å². The summed E-state index contributed by atoms with van der Waals surface area (Å²) in [5, 5.41) is 16.5. The van der Waals surface area contributed by atoms with E-state index in [1.54, 1.807) is 45.9 Å². The SMILES string of the molecule is CCCCCCN(C(=O)C(NC(=O)OC(C)(C)C)C(C)C)C(C(=O)NC(C)C)c1cccc(C)c1O. The molecule has 0 aliphatic heterocycles. The van der Waals surface area contributed by atoms with Crippen LogP contribution in [0.5, 0.6) is 5.75 Å². The van der Waals surface area contributed by atoms with Gasteiger partial charge in [-0.3, -0.25) is 9.59 Å². The summed E-state index contributed by atoms with van der Waals surface area (Å²) < 4.78 is 5.40.